The Morgan fingerprint density at radius 3 is 1.78 bits per heavy atom. The van der Waals surface area contributed by atoms with Crippen molar-refractivity contribution >= 4 is 31.3 Å². The van der Waals surface area contributed by atoms with E-state index in [1.807, 2.05) is 24.3 Å². The van der Waals surface area contributed by atoms with Crippen LogP contribution in [0.3, 0.4) is 0 Å². The topological polar surface area (TPSA) is 112 Å². The quantitative estimate of drug-likeness (QED) is 0.376. The smallest absolute Gasteiger partial charge is 0.303 e. The molecule has 1 N–H and O–H groups in total. The molecule has 0 aromatic heterocycles. The predicted molar refractivity (Wildman–Crippen MR) is 130 cm³/mol. The molecule has 0 aliphatic carbocycles. The number of anilines is 1. The normalized spacial score (nSPS) is 13.3. The van der Waals surface area contributed by atoms with Crippen molar-refractivity contribution in [3.8, 4) is 0 Å². The van der Waals surface area contributed by atoms with Gasteiger partial charge in [-0.2, -0.15) is 0 Å². The van der Waals surface area contributed by atoms with E-state index in [1.54, 1.807) is 4.90 Å². The first-order valence-electron chi connectivity index (χ1n) is 11.0. The number of hydrogen-bond acceptors (Lipinski definition) is 7. The third-order valence-corrected chi connectivity index (χ3v) is 7.44. The number of hydrogen-bond donors (Lipinski definition) is 1. The van der Waals surface area contributed by atoms with Crippen LogP contribution in [-0.2, 0) is 24.5 Å². The van der Waals surface area contributed by atoms with Gasteiger partial charge in [-0.15, -0.1) is 0 Å². The second-order valence-electron chi connectivity index (χ2n) is 8.28. The molecule has 0 spiro atoms. The zero-order chi connectivity index (χ0) is 24.4. The molecule has 0 radical (unpaired) electrons. The lowest BCUT2D eigenvalue weighted by molar-refractivity contribution is -0.137. The molecular weight excluding hydrogens is 452 g/mol. The maximum absolute atomic E-state index is 11.6. The molecule has 8 nitrogen and oxygen atoms in total. The Morgan fingerprint density at radius 2 is 1.38 bits per heavy atom. The molecule has 1 atom stereocenters. The number of benzene rings is 1. The van der Waals surface area contributed by atoms with Crippen LogP contribution in [0.2, 0.25) is 0 Å². The van der Waals surface area contributed by atoms with Gasteiger partial charge in [0.2, 0.25) is 0 Å². The number of nitrogens with zero attached hydrogens (tertiary/aromatic N) is 2. The van der Waals surface area contributed by atoms with Crippen LogP contribution in [0, 0.1) is 0 Å². The summed E-state index contributed by atoms with van der Waals surface area (Å²) in [5, 5.41) is 9.13. The van der Waals surface area contributed by atoms with E-state index >= 15 is 0 Å². The number of carbonyl (C=O) groups is 1. The van der Waals surface area contributed by atoms with Gasteiger partial charge in [0, 0.05) is 37.7 Å². The molecule has 184 valence electrons. The maximum atomic E-state index is 11.6. The molecule has 0 amide bonds. The Labute approximate surface area is 193 Å². The van der Waals surface area contributed by atoms with Gasteiger partial charge in [-0.05, 0) is 56.1 Å². The molecule has 10 heteroatoms. The number of sulfone groups is 2. The van der Waals surface area contributed by atoms with E-state index in [0.717, 1.165) is 49.8 Å². The molecule has 0 saturated heterocycles. The fourth-order valence-corrected chi connectivity index (χ4v) is 4.64. The van der Waals surface area contributed by atoms with Gasteiger partial charge in [0.05, 0.1) is 11.5 Å². The van der Waals surface area contributed by atoms with Crippen LogP contribution in [0.25, 0.3) is 0 Å². The molecule has 32 heavy (non-hydrogen) atoms. The Kier molecular flexibility index (Phi) is 11.7. The summed E-state index contributed by atoms with van der Waals surface area (Å²) in [5.41, 5.74) is 1.79. The molecule has 1 unspecified atom stereocenters. The predicted octanol–water partition coefficient (Wildman–Crippen LogP) is 2.26. The lowest BCUT2D eigenvalue weighted by Crippen LogP contribution is -2.33. The number of carboxylic acids is 1. The van der Waals surface area contributed by atoms with Crippen LogP contribution >= 0.6 is 0 Å². The highest BCUT2D eigenvalue weighted by molar-refractivity contribution is 7.90. The minimum absolute atomic E-state index is 0.0659. The number of carboxylic acid groups (broad SMARTS) is 1. The SMILES string of the molecule is CCN(CC)CCC(CCC(=O)O)c1ccc(N(CCS(C)(=O)=O)CCS(C)(=O)=O)cc1. The summed E-state index contributed by atoms with van der Waals surface area (Å²) in [4.78, 5) is 15.2. The van der Waals surface area contributed by atoms with Crippen molar-refractivity contribution in [1.29, 1.82) is 0 Å². The zero-order valence-electron chi connectivity index (χ0n) is 19.7. The Bertz CT molecular complexity index is 874. The van der Waals surface area contributed by atoms with Gasteiger partial charge in [-0.25, -0.2) is 16.8 Å². The van der Waals surface area contributed by atoms with Crippen molar-refractivity contribution in [2.24, 2.45) is 0 Å². The summed E-state index contributed by atoms with van der Waals surface area (Å²) in [5.74, 6) is -0.851. The summed E-state index contributed by atoms with van der Waals surface area (Å²) < 4.78 is 46.5. The molecule has 1 rings (SSSR count). The van der Waals surface area contributed by atoms with Crippen molar-refractivity contribution in [1.82, 2.24) is 4.90 Å². The highest BCUT2D eigenvalue weighted by atomic mass is 32.2. The van der Waals surface area contributed by atoms with Gasteiger partial charge in [0.1, 0.15) is 19.7 Å². The molecule has 0 bridgehead atoms. The van der Waals surface area contributed by atoms with Crippen LogP contribution in [0.15, 0.2) is 24.3 Å². The van der Waals surface area contributed by atoms with E-state index in [0.29, 0.717) is 6.42 Å². The van der Waals surface area contributed by atoms with E-state index in [4.69, 9.17) is 5.11 Å². The average molecular weight is 491 g/mol. The highest BCUT2D eigenvalue weighted by Crippen LogP contribution is 2.28. The van der Waals surface area contributed by atoms with Gasteiger partial charge in [0.25, 0.3) is 0 Å². The van der Waals surface area contributed by atoms with Gasteiger partial charge in [-0.1, -0.05) is 26.0 Å². The number of aliphatic carboxylic acids is 1. The van der Waals surface area contributed by atoms with Crippen LogP contribution in [0.5, 0.6) is 0 Å². The lowest BCUT2D eigenvalue weighted by Gasteiger charge is -2.26. The number of rotatable bonds is 16. The minimum atomic E-state index is -3.19. The van der Waals surface area contributed by atoms with Crippen LogP contribution in [0.4, 0.5) is 5.69 Å². The van der Waals surface area contributed by atoms with Gasteiger partial charge in [-0.3, -0.25) is 4.79 Å². The first-order chi connectivity index (χ1) is 14.8. The maximum Gasteiger partial charge on any atom is 0.303 e. The third kappa shape index (κ3) is 11.8. The first kappa shape index (κ1) is 28.4. The zero-order valence-corrected chi connectivity index (χ0v) is 21.3. The van der Waals surface area contributed by atoms with Crippen LogP contribution in [-0.4, -0.2) is 89.6 Å². The fraction of sp³-hybridized carbons (Fsp3) is 0.682. The molecule has 0 fully saturated rings. The summed E-state index contributed by atoms with van der Waals surface area (Å²) in [6.45, 7) is 7.38. The minimum Gasteiger partial charge on any atom is -0.481 e. The third-order valence-electron chi connectivity index (χ3n) is 5.59. The van der Waals surface area contributed by atoms with Crippen molar-refractivity contribution < 1.29 is 26.7 Å². The standard InChI is InChI=1S/C22H38N2O6S2/c1-5-23(6-2)14-13-20(9-12-22(25)26)19-7-10-21(11-8-19)24(15-17-31(3,27)28)16-18-32(4,29)30/h7-8,10-11,20H,5-6,9,12-18H2,1-4H3,(H,25,26). The summed E-state index contributed by atoms with van der Waals surface area (Å²) in [6.07, 6.45) is 3.81. The Balaban J connectivity index is 3.04. The van der Waals surface area contributed by atoms with Crippen LogP contribution in [0.1, 0.15) is 44.6 Å². The molecule has 1 aromatic carbocycles. The van der Waals surface area contributed by atoms with E-state index in [9.17, 15) is 21.6 Å². The molecule has 0 saturated carbocycles. The van der Waals surface area contributed by atoms with Gasteiger partial charge in [0.15, 0.2) is 0 Å². The Hall–Kier alpha value is -1.65. The largest absolute Gasteiger partial charge is 0.481 e. The molecule has 0 aliphatic heterocycles. The fourth-order valence-electron chi connectivity index (χ4n) is 3.53. The molecular formula is C22H38N2O6S2. The first-order valence-corrected chi connectivity index (χ1v) is 15.1. The van der Waals surface area contributed by atoms with E-state index in [-0.39, 0.29) is 36.9 Å². The van der Waals surface area contributed by atoms with E-state index < -0.39 is 25.6 Å². The second-order valence-corrected chi connectivity index (χ2v) is 12.8. The van der Waals surface area contributed by atoms with Crippen molar-refractivity contribution in [3.63, 3.8) is 0 Å². The second kappa shape index (κ2) is 13.2. The summed E-state index contributed by atoms with van der Waals surface area (Å²) in [7, 11) is -6.38. The van der Waals surface area contributed by atoms with Crippen molar-refractivity contribution in [2.75, 3.05) is 61.6 Å². The highest BCUT2D eigenvalue weighted by Gasteiger charge is 2.17. The molecule has 1 aromatic rings. The lowest BCUT2D eigenvalue weighted by atomic mass is 9.90. The van der Waals surface area contributed by atoms with Crippen molar-refractivity contribution in [3.05, 3.63) is 29.8 Å². The van der Waals surface area contributed by atoms with Gasteiger partial charge < -0.3 is 14.9 Å². The molecule has 0 heterocycles. The summed E-state index contributed by atoms with van der Waals surface area (Å²) >= 11 is 0. The van der Waals surface area contributed by atoms with Crippen molar-refractivity contribution in [2.45, 2.75) is 39.0 Å². The van der Waals surface area contributed by atoms with E-state index in [2.05, 4.69) is 18.7 Å². The van der Waals surface area contributed by atoms with Gasteiger partial charge >= 0.3 is 5.97 Å². The average Bonchev–Trinajstić information content (AvgIpc) is 2.69. The Morgan fingerprint density at radius 1 is 0.875 bits per heavy atom. The summed E-state index contributed by atoms with van der Waals surface area (Å²) in [6, 6.07) is 7.62. The molecule has 0 aliphatic rings. The van der Waals surface area contributed by atoms with E-state index in [1.165, 1.54) is 0 Å². The van der Waals surface area contributed by atoms with Crippen LogP contribution < -0.4 is 4.90 Å². The monoisotopic (exact) mass is 490 g/mol.